The highest BCUT2D eigenvalue weighted by atomic mass is 32.2. The van der Waals surface area contributed by atoms with Crippen molar-refractivity contribution in [2.75, 3.05) is 17.3 Å². The van der Waals surface area contributed by atoms with E-state index in [1.165, 1.54) is 22.8 Å². The first-order valence-corrected chi connectivity index (χ1v) is 7.30. The van der Waals surface area contributed by atoms with Gasteiger partial charge in [-0.3, -0.25) is 11.3 Å². The van der Waals surface area contributed by atoms with Crippen LogP contribution in [0.2, 0.25) is 0 Å². The molecule has 0 amide bonds. The van der Waals surface area contributed by atoms with Crippen LogP contribution in [0.4, 0.5) is 0 Å². The predicted octanol–water partition coefficient (Wildman–Crippen LogP) is 2.02. The van der Waals surface area contributed by atoms with E-state index in [9.17, 15) is 0 Å². The summed E-state index contributed by atoms with van der Waals surface area (Å²) in [5.74, 6) is 9.35. The Labute approximate surface area is 95.4 Å². The van der Waals surface area contributed by atoms with E-state index in [1.54, 1.807) is 0 Å². The van der Waals surface area contributed by atoms with Crippen molar-refractivity contribution in [1.29, 1.82) is 0 Å². The van der Waals surface area contributed by atoms with E-state index in [0.29, 0.717) is 11.3 Å². The van der Waals surface area contributed by atoms with Crippen LogP contribution >= 0.6 is 23.5 Å². The highest BCUT2D eigenvalue weighted by molar-refractivity contribution is 8.06. The van der Waals surface area contributed by atoms with E-state index < -0.39 is 0 Å². The smallest absolute Gasteiger partial charge is 0.0374 e. The number of hydrogen-bond acceptors (Lipinski definition) is 4. The average molecular weight is 232 g/mol. The lowest BCUT2D eigenvalue weighted by Gasteiger charge is -2.29. The quantitative estimate of drug-likeness (QED) is 0.432. The van der Waals surface area contributed by atoms with Crippen molar-refractivity contribution in [3.05, 3.63) is 12.2 Å². The fourth-order valence-corrected chi connectivity index (χ4v) is 4.36. The number of hydrogen-bond donors (Lipinski definition) is 2. The van der Waals surface area contributed by atoms with Crippen molar-refractivity contribution in [2.45, 2.75) is 31.1 Å². The summed E-state index contributed by atoms with van der Waals surface area (Å²) in [5.41, 5.74) is 4.24. The lowest BCUT2D eigenvalue weighted by molar-refractivity contribution is 0.518. The molecule has 0 aromatic carbocycles. The van der Waals surface area contributed by atoms with Crippen LogP contribution in [0.25, 0.3) is 0 Å². The molecule has 4 heteroatoms. The van der Waals surface area contributed by atoms with Gasteiger partial charge >= 0.3 is 0 Å². The molecule has 1 fully saturated rings. The van der Waals surface area contributed by atoms with Crippen molar-refractivity contribution in [3.8, 4) is 0 Å². The molecule has 0 aromatic heterocycles. The third-order valence-corrected chi connectivity index (χ3v) is 5.43. The minimum Gasteiger partial charge on any atom is -0.271 e. The van der Waals surface area contributed by atoms with Gasteiger partial charge in [0, 0.05) is 28.6 Å². The van der Waals surface area contributed by atoms with Gasteiger partial charge in [-0.25, -0.2) is 0 Å². The summed E-state index contributed by atoms with van der Waals surface area (Å²) < 4.78 is 0. The zero-order chi connectivity index (χ0) is 10.4. The third-order valence-electron chi connectivity index (χ3n) is 2.51. The van der Waals surface area contributed by atoms with Gasteiger partial charge in [-0.05, 0) is 12.8 Å². The van der Waals surface area contributed by atoms with Crippen LogP contribution in [0, 0.1) is 0 Å². The maximum atomic E-state index is 5.59. The molecule has 2 nitrogen and oxygen atoms in total. The first-order chi connectivity index (χ1) is 6.77. The predicted molar refractivity (Wildman–Crippen MR) is 68.7 cm³/mol. The van der Waals surface area contributed by atoms with Crippen molar-refractivity contribution in [3.63, 3.8) is 0 Å². The maximum Gasteiger partial charge on any atom is 0.0374 e. The Balaban J connectivity index is 2.39. The number of rotatable bonds is 5. The van der Waals surface area contributed by atoms with E-state index >= 15 is 0 Å². The molecule has 3 N–H and O–H groups in total. The first-order valence-electron chi connectivity index (χ1n) is 5.10. The Morgan fingerprint density at radius 3 is 2.93 bits per heavy atom. The molecule has 82 valence electrons. The second-order valence-electron chi connectivity index (χ2n) is 3.56. The SMILES string of the molecule is C=C(CC)CC(NN)C1CSCCS1. The van der Waals surface area contributed by atoms with Gasteiger partial charge < -0.3 is 0 Å². The van der Waals surface area contributed by atoms with Crippen LogP contribution in [0.5, 0.6) is 0 Å². The van der Waals surface area contributed by atoms with Crippen molar-refractivity contribution < 1.29 is 0 Å². The molecule has 1 rings (SSSR count). The monoisotopic (exact) mass is 232 g/mol. The zero-order valence-electron chi connectivity index (χ0n) is 8.79. The summed E-state index contributed by atoms with van der Waals surface area (Å²) in [7, 11) is 0. The summed E-state index contributed by atoms with van der Waals surface area (Å²) in [6.07, 6.45) is 2.08. The molecule has 2 unspecified atom stereocenters. The summed E-state index contributed by atoms with van der Waals surface area (Å²) in [4.78, 5) is 0. The summed E-state index contributed by atoms with van der Waals surface area (Å²) in [6.45, 7) is 6.20. The molecular weight excluding hydrogens is 212 g/mol. The fraction of sp³-hybridized carbons (Fsp3) is 0.800. The molecule has 1 heterocycles. The summed E-state index contributed by atoms with van der Waals surface area (Å²) >= 11 is 4.08. The topological polar surface area (TPSA) is 38.0 Å². The van der Waals surface area contributed by atoms with Crippen LogP contribution in [0.3, 0.4) is 0 Å². The minimum atomic E-state index is 0.403. The molecular formula is C10H20N2S2. The third kappa shape index (κ3) is 3.85. The maximum absolute atomic E-state index is 5.59. The van der Waals surface area contributed by atoms with E-state index in [1.807, 2.05) is 23.5 Å². The Morgan fingerprint density at radius 1 is 1.64 bits per heavy atom. The summed E-state index contributed by atoms with van der Waals surface area (Å²) in [5, 5.41) is 0.655. The minimum absolute atomic E-state index is 0.403. The van der Waals surface area contributed by atoms with Crippen molar-refractivity contribution in [2.24, 2.45) is 5.84 Å². The van der Waals surface area contributed by atoms with Crippen molar-refractivity contribution >= 4 is 23.5 Å². The van der Waals surface area contributed by atoms with Crippen LogP contribution in [0.15, 0.2) is 12.2 Å². The number of nitrogens with two attached hydrogens (primary N) is 1. The first kappa shape index (κ1) is 12.4. The van der Waals surface area contributed by atoms with Crippen LogP contribution in [0.1, 0.15) is 19.8 Å². The van der Waals surface area contributed by atoms with Gasteiger partial charge in [-0.2, -0.15) is 23.5 Å². The molecule has 2 atom stereocenters. The average Bonchev–Trinajstić information content (AvgIpc) is 2.26. The lowest BCUT2D eigenvalue weighted by Crippen LogP contribution is -2.45. The number of thioether (sulfide) groups is 2. The molecule has 1 aliphatic rings. The van der Waals surface area contributed by atoms with Crippen molar-refractivity contribution in [1.82, 2.24) is 5.43 Å². The highest BCUT2D eigenvalue weighted by Crippen LogP contribution is 2.28. The Morgan fingerprint density at radius 2 is 2.43 bits per heavy atom. The molecule has 0 radical (unpaired) electrons. The highest BCUT2D eigenvalue weighted by Gasteiger charge is 2.23. The van der Waals surface area contributed by atoms with Gasteiger partial charge in [0.15, 0.2) is 0 Å². The standard InChI is InChI=1S/C10H20N2S2/c1-3-8(2)6-9(12-11)10-7-13-4-5-14-10/h9-10,12H,2-7,11H2,1H3. The zero-order valence-corrected chi connectivity index (χ0v) is 10.4. The number of nitrogens with one attached hydrogen (secondary N) is 1. The van der Waals surface area contributed by atoms with E-state index in [4.69, 9.17) is 5.84 Å². The Bertz CT molecular complexity index is 179. The molecule has 0 bridgehead atoms. The Hall–Kier alpha value is 0.360. The van der Waals surface area contributed by atoms with Gasteiger partial charge in [-0.15, -0.1) is 0 Å². The second-order valence-corrected chi connectivity index (χ2v) is 6.06. The Kier molecular flexibility index (Phi) is 6.01. The molecule has 0 saturated carbocycles. The summed E-state index contributed by atoms with van der Waals surface area (Å²) in [6, 6.07) is 0.403. The second kappa shape index (κ2) is 6.77. The fourth-order valence-electron chi connectivity index (χ4n) is 1.49. The van der Waals surface area contributed by atoms with Gasteiger partial charge in [-0.1, -0.05) is 19.1 Å². The van der Waals surface area contributed by atoms with Crippen LogP contribution < -0.4 is 11.3 Å². The van der Waals surface area contributed by atoms with E-state index in [0.717, 1.165) is 12.8 Å². The normalized spacial score (nSPS) is 24.6. The van der Waals surface area contributed by atoms with Gasteiger partial charge in [0.05, 0.1) is 0 Å². The molecule has 1 aliphatic heterocycles. The molecule has 0 aromatic rings. The molecule has 0 aliphatic carbocycles. The lowest BCUT2D eigenvalue weighted by atomic mass is 10.0. The van der Waals surface area contributed by atoms with Crippen LogP contribution in [-0.2, 0) is 0 Å². The molecule has 0 spiro atoms. The van der Waals surface area contributed by atoms with E-state index in [-0.39, 0.29) is 0 Å². The van der Waals surface area contributed by atoms with Gasteiger partial charge in [0.2, 0.25) is 0 Å². The van der Waals surface area contributed by atoms with Gasteiger partial charge in [0.1, 0.15) is 0 Å². The van der Waals surface area contributed by atoms with Crippen LogP contribution in [-0.4, -0.2) is 28.6 Å². The number of hydrazine groups is 1. The van der Waals surface area contributed by atoms with E-state index in [2.05, 4.69) is 18.9 Å². The molecule has 14 heavy (non-hydrogen) atoms. The largest absolute Gasteiger partial charge is 0.271 e. The molecule has 1 saturated heterocycles. The van der Waals surface area contributed by atoms with Gasteiger partial charge in [0.25, 0.3) is 0 Å².